The molecule has 12 heteroatoms. The van der Waals surface area contributed by atoms with Gasteiger partial charge in [0.25, 0.3) is 0 Å². The lowest BCUT2D eigenvalue weighted by Crippen LogP contribution is -2.47. The summed E-state index contributed by atoms with van der Waals surface area (Å²) in [5.41, 5.74) is -1.24. The van der Waals surface area contributed by atoms with Gasteiger partial charge >= 0.3 is 6.01 Å². The minimum Gasteiger partial charge on any atom is -0.508 e. The molecule has 2 atom stereocenters. The van der Waals surface area contributed by atoms with Crippen LogP contribution in [0.15, 0.2) is 30.5 Å². The standard InChI is InChI=1S/C33H36F3N5O4/c1-2-22-25(35)5-4-19-12-21(43)13-23(26(19)22)28-27(36)29-24(15-37-28)30(40-10-7-33(44,17-42)8-11-40)39-31(38-29)45-18-32-6-3-9-41(32)16-20(34)14-32/h4-5,12-13,15,20,42-44H,2-3,6-11,14,16-18H2,1H3/t20-,32?/m1/s1. The molecule has 0 amide bonds. The van der Waals surface area contributed by atoms with Gasteiger partial charge in [0.05, 0.1) is 23.1 Å². The van der Waals surface area contributed by atoms with Gasteiger partial charge < -0.3 is 25.0 Å². The van der Waals surface area contributed by atoms with Gasteiger partial charge in [0.2, 0.25) is 0 Å². The van der Waals surface area contributed by atoms with Gasteiger partial charge in [0.1, 0.15) is 41.4 Å². The second-order valence-electron chi connectivity index (χ2n) is 12.7. The maximum Gasteiger partial charge on any atom is 0.319 e. The fourth-order valence-corrected chi connectivity index (χ4v) is 7.49. The number of halogens is 3. The molecule has 0 spiro atoms. The highest BCUT2D eigenvalue weighted by atomic mass is 19.1. The van der Waals surface area contributed by atoms with Gasteiger partial charge in [-0.1, -0.05) is 13.0 Å². The third kappa shape index (κ3) is 5.12. The fraction of sp³-hybridized carbons (Fsp3) is 0.485. The van der Waals surface area contributed by atoms with Crippen molar-refractivity contribution in [3.8, 4) is 23.0 Å². The van der Waals surface area contributed by atoms with Crippen LogP contribution in [0, 0.1) is 11.6 Å². The van der Waals surface area contributed by atoms with Crippen molar-refractivity contribution >= 4 is 27.5 Å². The molecule has 3 N–H and O–H groups in total. The Balaban J connectivity index is 1.36. The van der Waals surface area contributed by atoms with Crippen molar-refractivity contribution in [2.75, 3.05) is 44.3 Å². The van der Waals surface area contributed by atoms with Crippen molar-refractivity contribution in [1.29, 1.82) is 0 Å². The number of aryl methyl sites for hydroxylation is 1. The van der Waals surface area contributed by atoms with Gasteiger partial charge in [-0.2, -0.15) is 9.97 Å². The quantitative estimate of drug-likeness (QED) is 0.270. The summed E-state index contributed by atoms with van der Waals surface area (Å²) < 4.78 is 52.2. The van der Waals surface area contributed by atoms with Gasteiger partial charge in [-0.25, -0.2) is 13.2 Å². The van der Waals surface area contributed by atoms with Crippen molar-refractivity contribution < 1.29 is 33.2 Å². The largest absolute Gasteiger partial charge is 0.508 e. The van der Waals surface area contributed by atoms with Crippen LogP contribution in [-0.4, -0.2) is 91.9 Å². The van der Waals surface area contributed by atoms with E-state index >= 15 is 4.39 Å². The van der Waals surface area contributed by atoms with Crippen LogP contribution in [0.3, 0.4) is 0 Å². The summed E-state index contributed by atoms with van der Waals surface area (Å²) in [4.78, 5) is 17.6. The van der Waals surface area contributed by atoms with Gasteiger partial charge in [-0.15, -0.1) is 0 Å². The molecular weight excluding hydrogens is 587 g/mol. The Labute approximate surface area is 258 Å². The maximum atomic E-state index is 16.7. The first-order valence-electron chi connectivity index (χ1n) is 15.5. The second-order valence-corrected chi connectivity index (χ2v) is 12.7. The van der Waals surface area contributed by atoms with E-state index in [1.807, 2.05) is 4.90 Å². The molecule has 3 saturated heterocycles. The summed E-state index contributed by atoms with van der Waals surface area (Å²) in [6, 6.07) is 5.68. The summed E-state index contributed by atoms with van der Waals surface area (Å²) in [5, 5.41) is 32.1. The molecule has 4 aromatic rings. The summed E-state index contributed by atoms with van der Waals surface area (Å²) in [6.45, 7) is 3.41. The molecule has 0 bridgehead atoms. The van der Waals surface area contributed by atoms with E-state index in [2.05, 4.69) is 19.9 Å². The number of pyridine rings is 1. The topological polar surface area (TPSA) is 115 Å². The molecule has 5 heterocycles. The van der Waals surface area contributed by atoms with E-state index in [0.29, 0.717) is 60.0 Å². The molecule has 0 radical (unpaired) electrons. The molecule has 45 heavy (non-hydrogen) atoms. The van der Waals surface area contributed by atoms with Crippen molar-refractivity contribution in [2.45, 2.75) is 62.8 Å². The molecule has 7 rings (SSSR count). The normalized spacial score (nSPS) is 23.2. The molecule has 3 aliphatic rings. The Morgan fingerprint density at radius 2 is 1.89 bits per heavy atom. The van der Waals surface area contributed by atoms with Crippen LogP contribution in [0.25, 0.3) is 32.9 Å². The van der Waals surface area contributed by atoms with Gasteiger partial charge in [-0.3, -0.25) is 9.88 Å². The van der Waals surface area contributed by atoms with Crippen LogP contribution in [0.2, 0.25) is 0 Å². The first-order chi connectivity index (χ1) is 21.6. The average molecular weight is 624 g/mol. The average Bonchev–Trinajstić information content (AvgIpc) is 3.56. The van der Waals surface area contributed by atoms with E-state index in [1.54, 1.807) is 13.0 Å². The lowest BCUT2D eigenvalue weighted by molar-refractivity contribution is -0.0326. The number of anilines is 1. The highest BCUT2D eigenvalue weighted by molar-refractivity contribution is 6.01. The first-order valence-corrected chi connectivity index (χ1v) is 15.5. The molecule has 0 saturated carbocycles. The molecule has 2 aromatic heterocycles. The number of ether oxygens (including phenoxy) is 1. The molecule has 9 nitrogen and oxygen atoms in total. The number of fused-ring (bicyclic) bond motifs is 3. The van der Waals surface area contributed by atoms with Crippen molar-refractivity contribution in [1.82, 2.24) is 19.9 Å². The summed E-state index contributed by atoms with van der Waals surface area (Å²) in [5.74, 6) is -0.972. The number of aromatic nitrogens is 3. The van der Waals surface area contributed by atoms with Crippen molar-refractivity contribution in [3.63, 3.8) is 0 Å². The maximum absolute atomic E-state index is 16.7. The van der Waals surface area contributed by atoms with E-state index in [1.165, 1.54) is 24.4 Å². The molecule has 0 aliphatic carbocycles. The minimum absolute atomic E-state index is 0.0653. The number of nitrogens with zero attached hydrogens (tertiary/aromatic N) is 5. The number of piperidine rings is 1. The molecule has 238 valence electrons. The van der Waals surface area contributed by atoms with Crippen LogP contribution >= 0.6 is 0 Å². The third-order valence-corrected chi connectivity index (χ3v) is 9.92. The third-order valence-electron chi connectivity index (χ3n) is 9.92. The molecular formula is C33H36F3N5O4. The summed E-state index contributed by atoms with van der Waals surface area (Å²) in [6.07, 6.45) is 3.47. The lowest BCUT2D eigenvalue weighted by atomic mass is 9.92. The Morgan fingerprint density at radius 1 is 1.09 bits per heavy atom. The van der Waals surface area contributed by atoms with E-state index < -0.39 is 28.9 Å². The Kier molecular flexibility index (Phi) is 7.49. The number of hydrogen-bond donors (Lipinski definition) is 3. The number of phenols is 1. The number of phenolic OH excluding ortho intramolecular Hbond substituents is 1. The van der Waals surface area contributed by atoms with Gasteiger partial charge in [0, 0.05) is 37.8 Å². The molecule has 3 fully saturated rings. The Hall–Kier alpha value is -3.74. The smallest absolute Gasteiger partial charge is 0.319 e. The number of aliphatic hydroxyl groups is 2. The predicted molar refractivity (Wildman–Crippen MR) is 163 cm³/mol. The van der Waals surface area contributed by atoms with Crippen LogP contribution in [0.1, 0.15) is 44.6 Å². The summed E-state index contributed by atoms with van der Waals surface area (Å²) in [7, 11) is 0. The summed E-state index contributed by atoms with van der Waals surface area (Å²) >= 11 is 0. The van der Waals surface area contributed by atoms with E-state index in [4.69, 9.17) is 4.74 Å². The van der Waals surface area contributed by atoms with Crippen LogP contribution < -0.4 is 9.64 Å². The van der Waals surface area contributed by atoms with Gasteiger partial charge in [-0.05, 0) is 73.2 Å². The number of alkyl halides is 1. The number of hydrogen-bond acceptors (Lipinski definition) is 9. The van der Waals surface area contributed by atoms with E-state index in [-0.39, 0.29) is 54.6 Å². The molecule has 2 aromatic carbocycles. The fourth-order valence-electron chi connectivity index (χ4n) is 7.49. The Morgan fingerprint density at radius 3 is 2.64 bits per heavy atom. The van der Waals surface area contributed by atoms with E-state index in [9.17, 15) is 24.1 Å². The zero-order valence-corrected chi connectivity index (χ0v) is 25.1. The SMILES string of the molecule is CCc1c(F)ccc2cc(O)cc(-c3ncc4c(N5CCC(O)(CO)CC5)nc(OCC56CCCN5C[C@H](F)C6)nc4c3F)c12. The van der Waals surface area contributed by atoms with Crippen LogP contribution in [0.4, 0.5) is 19.0 Å². The Bertz CT molecular complexity index is 1780. The molecule has 1 unspecified atom stereocenters. The highest BCUT2D eigenvalue weighted by Crippen LogP contribution is 2.42. The van der Waals surface area contributed by atoms with Crippen LogP contribution in [-0.2, 0) is 6.42 Å². The number of rotatable bonds is 7. The first kappa shape index (κ1) is 29.9. The highest BCUT2D eigenvalue weighted by Gasteiger charge is 2.49. The predicted octanol–water partition coefficient (Wildman–Crippen LogP) is 4.67. The number of aliphatic hydroxyl groups excluding tert-OH is 1. The molecule has 3 aliphatic heterocycles. The van der Waals surface area contributed by atoms with Crippen molar-refractivity contribution in [2.24, 2.45) is 0 Å². The van der Waals surface area contributed by atoms with Crippen LogP contribution in [0.5, 0.6) is 11.8 Å². The monoisotopic (exact) mass is 623 g/mol. The van der Waals surface area contributed by atoms with E-state index in [0.717, 1.165) is 19.4 Å². The second kappa shape index (κ2) is 11.3. The minimum atomic E-state index is -1.21. The zero-order chi connectivity index (χ0) is 31.5. The number of benzene rings is 2. The lowest BCUT2D eigenvalue weighted by Gasteiger charge is -2.38. The van der Waals surface area contributed by atoms with Crippen molar-refractivity contribution in [3.05, 3.63) is 47.7 Å². The number of aromatic hydroxyl groups is 1. The van der Waals surface area contributed by atoms with Gasteiger partial charge in [0.15, 0.2) is 5.82 Å². The zero-order valence-electron chi connectivity index (χ0n) is 25.1.